The van der Waals surface area contributed by atoms with E-state index in [2.05, 4.69) is 43.5 Å². The fourth-order valence-electron chi connectivity index (χ4n) is 4.39. The molecule has 0 spiro atoms. The zero-order valence-corrected chi connectivity index (χ0v) is 17.3. The van der Waals surface area contributed by atoms with Crippen molar-refractivity contribution in [2.45, 2.75) is 38.5 Å². The maximum absolute atomic E-state index is 2.69. The first-order valence-electron chi connectivity index (χ1n) is 10.1. The lowest BCUT2D eigenvalue weighted by molar-refractivity contribution is 0.197. The Labute approximate surface area is 166 Å². The Morgan fingerprint density at radius 1 is 0.769 bits per heavy atom. The van der Waals surface area contributed by atoms with Gasteiger partial charge in [0, 0.05) is 13.1 Å². The maximum Gasteiger partial charge on any atom is 0.00191 e. The molecular formula is C22H30N2S2. The van der Waals surface area contributed by atoms with Crippen LogP contribution in [-0.4, -0.2) is 49.1 Å². The standard InChI is InChI=1S/C22H30N2S2/c1-2-9-23(10-3-1)11-4-12-24-13-5-19(6-14-24)22(20-7-15-25-17-20)21-8-16-26-18-21/h7-8,15-18H,1-6,9-14H2. The highest BCUT2D eigenvalue weighted by Gasteiger charge is 2.19. The highest BCUT2D eigenvalue weighted by atomic mass is 32.1. The minimum Gasteiger partial charge on any atom is -0.303 e. The molecule has 0 aromatic carbocycles. The summed E-state index contributed by atoms with van der Waals surface area (Å²) in [6.07, 6.45) is 8.04. The smallest absolute Gasteiger partial charge is 0.00191 e. The molecule has 2 aliphatic rings. The summed E-state index contributed by atoms with van der Waals surface area (Å²) in [7, 11) is 0. The molecule has 2 nitrogen and oxygen atoms in total. The number of piperidine rings is 2. The van der Waals surface area contributed by atoms with Gasteiger partial charge in [-0.15, -0.1) is 0 Å². The van der Waals surface area contributed by atoms with Crippen LogP contribution in [0.15, 0.2) is 39.2 Å². The number of hydrogen-bond donors (Lipinski definition) is 0. The predicted octanol–water partition coefficient (Wildman–Crippen LogP) is 5.58. The molecule has 4 rings (SSSR count). The summed E-state index contributed by atoms with van der Waals surface area (Å²) < 4.78 is 0. The molecule has 4 heterocycles. The van der Waals surface area contributed by atoms with Crippen LogP contribution >= 0.6 is 22.7 Å². The molecule has 140 valence electrons. The van der Waals surface area contributed by atoms with E-state index >= 15 is 0 Å². The molecule has 2 aromatic heterocycles. The van der Waals surface area contributed by atoms with Gasteiger partial charge in [-0.2, -0.15) is 22.7 Å². The number of thiophene rings is 2. The van der Waals surface area contributed by atoms with Crippen LogP contribution in [0, 0.1) is 0 Å². The fourth-order valence-corrected chi connectivity index (χ4v) is 5.68. The Kier molecular flexibility index (Phi) is 6.60. The van der Waals surface area contributed by atoms with Crippen molar-refractivity contribution in [1.29, 1.82) is 0 Å². The molecule has 0 N–H and O–H groups in total. The van der Waals surface area contributed by atoms with Crippen molar-refractivity contribution in [1.82, 2.24) is 9.80 Å². The molecule has 0 bridgehead atoms. The first kappa shape index (κ1) is 18.4. The molecule has 0 amide bonds. The Bertz CT molecular complexity index is 636. The molecule has 2 aromatic rings. The number of rotatable bonds is 6. The first-order valence-corrected chi connectivity index (χ1v) is 12.0. The predicted molar refractivity (Wildman–Crippen MR) is 115 cm³/mol. The van der Waals surface area contributed by atoms with Gasteiger partial charge in [-0.05, 0) is 109 Å². The molecule has 26 heavy (non-hydrogen) atoms. The van der Waals surface area contributed by atoms with E-state index in [-0.39, 0.29) is 0 Å². The molecule has 2 saturated heterocycles. The van der Waals surface area contributed by atoms with Crippen molar-refractivity contribution in [3.8, 4) is 0 Å². The largest absolute Gasteiger partial charge is 0.303 e. The van der Waals surface area contributed by atoms with Crippen LogP contribution in [-0.2, 0) is 0 Å². The van der Waals surface area contributed by atoms with E-state index < -0.39 is 0 Å². The lowest BCUT2D eigenvalue weighted by atomic mass is 9.91. The lowest BCUT2D eigenvalue weighted by Crippen LogP contribution is -2.35. The third-order valence-corrected chi connectivity index (χ3v) is 7.20. The normalized spacial score (nSPS) is 19.8. The van der Waals surface area contributed by atoms with Crippen molar-refractivity contribution < 1.29 is 0 Å². The van der Waals surface area contributed by atoms with Gasteiger partial charge in [0.05, 0.1) is 0 Å². The van der Waals surface area contributed by atoms with Crippen LogP contribution in [0.5, 0.6) is 0 Å². The minimum atomic E-state index is 1.23. The molecule has 0 saturated carbocycles. The van der Waals surface area contributed by atoms with Crippen molar-refractivity contribution in [3.05, 3.63) is 50.4 Å². The second kappa shape index (κ2) is 9.32. The van der Waals surface area contributed by atoms with E-state index in [4.69, 9.17) is 0 Å². The van der Waals surface area contributed by atoms with Crippen molar-refractivity contribution in [2.75, 3.05) is 39.3 Å². The van der Waals surface area contributed by atoms with E-state index in [1.165, 1.54) is 94.5 Å². The van der Waals surface area contributed by atoms with Crippen molar-refractivity contribution in [2.24, 2.45) is 0 Å². The Morgan fingerprint density at radius 3 is 1.88 bits per heavy atom. The second-order valence-electron chi connectivity index (χ2n) is 7.60. The highest BCUT2D eigenvalue weighted by molar-refractivity contribution is 7.08. The molecule has 0 aliphatic carbocycles. The topological polar surface area (TPSA) is 6.48 Å². The Balaban J connectivity index is 1.33. The van der Waals surface area contributed by atoms with Crippen LogP contribution in [0.2, 0.25) is 0 Å². The Hall–Kier alpha value is -0.940. The third kappa shape index (κ3) is 4.66. The lowest BCUT2D eigenvalue weighted by Gasteiger charge is -2.31. The molecule has 0 unspecified atom stereocenters. The van der Waals surface area contributed by atoms with E-state index in [9.17, 15) is 0 Å². The van der Waals surface area contributed by atoms with E-state index in [1.54, 1.807) is 5.57 Å². The number of likely N-dealkylation sites (tertiary alicyclic amines) is 2. The van der Waals surface area contributed by atoms with Gasteiger partial charge in [-0.3, -0.25) is 0 Å². The summed E-state index contributed by atoms with van der Waals surface area (Å²) in [5, 5.41) is 9.03. The van der Waals surface area contributed by atoms with Gasteiger partial charge in [0.2, 0.25) is 0 Å². The van der Waals surface area contributed by atoms with Gasteiger partial charge in [-0.1, -0.05) is 12.0 Å². The summed E-state index contributed by atoms with van der Waals surface area (Å²) in [4.78, 5) is 5.36. The van der Waals surface area contributed by atoms with Gasteiger partial charge in [0.15, 0.2) is 0 Å². The summed E-state index contributed by atoms with van der Waals surface area (Å²) in [6.45, 7) is 7.69. The highest BCUT2D eigenvalue weighted by Crippen LogP contribution is 2.34. The van der Waals surface area contributed by atoms with Crippen LogP contribution in [0.3, 0.4) is 0 Å². The molecule has 2 fully saturated rings. The van der Waals surface area contributed by atoms with Crippen molar-refractivity contribution >= 4 is 28.2 Å². The van der Waals surface area contributed by atoms with Gasteiger partial charge < -0.3 is 9.80 Å². The van der Waals surface area contributed by atoms with Crippen molar-refractivity contribution in [3.63, 3.8) is 0 Å². The molecule has 2 aliphatic heterocycles. The average Bonchev–Trinajstić information content (AvgIpc) is 3.39. The van der Waals surface area contributed by atoms with E-state index in [0.29, 0.717) is 0 Å². The molecular weight excluding hydrogens is 356 g/mol. The van der Waals surface area contributed by atoms with Crippen LogP contribution in [0.4, 0.5) is 0 Å². The van der Waals surface area contributed by atoms with Crippen LogP contribution < -0.4 is 0 Å². The van der Waals surface area contributed by atoms with Crippen LogP contribution in [0.25, 0.3) is 5.57 Å². The maximum atomic E-state index is 2.69. The van der Waals surface area contributed by atoms with Gasteiger partial charge in [-0.25, -0.2) is 0 Å². The Morgan fingerprint density at radius 2 is 1.35 bits per heavy atom. The zero-order chi connectivity index (χ0) is 17.6. The molecule has 0 radical (unpaired) electrons. The SMILES string of the molecule is c1cc(C(=C2CCN(CCCN3CCCCC3)CC2)c2ccsc2)cs1. The fraction of sp³-hybridized carbons (Fsp3) is 0.545. The summed E-state index contributed by atoms with van der Waals surface area (Å²) >= 11 is 3.62. The summed E-state index contributed by atoms with van der Waals surface area (Å²) in [5.41, 5.74) is 6.01. The average molecular weight is 387 g/mol. The first-order chi connectivity index (χ1) is 12.9. The molecule has 4 heteroatoms. The van der Waals surface area contributed by atoms with Gasteiger partial charge in [0.1, 0.15) is 0 Å². The minimum absolute atomic E-state index is 1.23. The molecule has 0 atom stereocenters. The van der Waals surface area contributed by atoms with Crippen LogP contribution in [0.1, 0.15) is 49.7 Å². The zero-order valence-electron chi connectivity index (χ0n) is 15.7. The summed E-state index contributed by atoms with van der Waals surface area (Å²) in [5.74, 6) is 0. The van der Waals surface area contributed by atoms with Gasteiger partial charge in [0.25, 0.3) is 0 Å². The van der Waals surface area contributed by atoms with E-state index in [0.717, 1.165) is 0 Å². The third-order valence-electron chi connectivity index (χ3n) is 5.83. The van der Waals surface area contributed by atoms with Gasteiger partial charge >= 0.3 is 0 Å². The summed E-state index contributed by atoms with van der Waals surface area (Å²) in [6, 6.07) is 4.57. The number of nitrogens with zero attached hydrogens (tertiary/aromatic N) is 2. The monoisotopic (exact) mass is 386 g/mol. The van der Waals surface area contributed by atoms with E-state index in [1.807, 2.05) is 22.7 Å². The number of hydrogen-bond acceptors (Lipinski definition) is 4. The quantitative estimate of drug-likeness (QED) is 0.639. The second-order valence-corrected chi connectivity index (χ2v) is 9.16.